The van der Waals surface area contributed by atoms with Crippen LogP contribution in [0.5, 0.6) is 0 Å². The minimum Gasteiger partial charge on any atom is -0.352 e. The number of thiazole rings is 1. The van der Waals surface area contributed by atoms with Gasteiger partial charge in [-0.1, -0.05) is 24.3 Å². The zero-order valence-corrected chi connectivity index (χ0v) is 21.0. The molecule has 0 spiro atoms. The normalized spacial score (nSPS) is 17.7. The van der Waals surface area contributed by atoms with E-state index in [0.29, 0.717) is 29.5 Å². The predicted octanol–water partition coefficient (Wildman–Crippen LogP) is 3.44. The highest BCUT2D eigenvalue weighted by Gasteiger charge is 2.35. The summed E-state index contributed by atoms with van der Waals surface area (Å²) < 4.78 is 0. The molecule has 3 N–H and O–H groups in total. The average Bonchev–Trinajstić information content (AvgIpc) is 3.59. The van der Waals surface area contributed by atoms with Crippen molar-refractivity contribution in [3.8, 4) is 10.4 Å². The number of carbonyl (C=O) groups excluding carboxylic acids is 3. The summed E-state index contributed by atoms with van der Waals surface area (Å²) >= 11 is 2.98. The molecule has 2 aliphatic rings. The maximum atomic E-state index is 12.9. The van der Waals surface area contributed by atoms with E-state index in [9.17, 15) is 14.4 Å². The summed E-state index contributed by atoms with van der Waals surface area (Å²) in [5.41, 5.74) is 2.14. The lowest BCUT2D eigenvalue weighted by atomic mass is 10.0. The molecule has 2 fully saturated rings. The second-order valence-electron chi connectivity index (χ2n) is 8.88. The van der Waals surface area contributed by atoms with Gasteiger partial charge in [0.2, 0.25) is 11.8 Å². The van der Waals surface area contributed by atoms with Crippen molar-refractivity contribution in [3.63, 3.8) is 0 Å². The SMILES string of the molecule is CC(=O)NCc1ccc(-c2cnc(C3CN(C(=O)c4ccc(NC(=O)[C@@H]5CCCN5)s4)C3)s2)cc1. The summed E-state index contributed by atoms with van der Waals surface area (Å²) in [5.74, 6) is 0.160. The monoisotopic (exact) mass is 509 g/mol. The van der Waals surface area contributed by atoms with Crippen molar-refractivity contribution in [3.05, 3.63) is 58.0 Å². The summed E-state index contributed by atoms with van der Waals surface area (Å²) in [6, 6.07) is 11.6. The lowest BCUT2D eigenvalue weighted by Gasteiger charge is -2.37. The second kappa shape index (κ2) is 10.3. The third-order valence-electron chi connectivity index (χ3n) is 6.26. The molecule has 2 aromatic heterocycles. The largest absolute Gasteiger partial charge is 0.352 e. The molecule has 5 rings (SSSR count). The van der Waals surface area contributed by atoms with Crippen LogP contribution in [-0.2, 0) is 16.1 Å². The van der Waals surface area contributed by atoms with Gasteiger partial charge in [-0.3, -0.25) is 14.4 Å². The highest BCUT2D eigenvalue weighted by molar-refractivity contribution is 7.18. The van der Waals surface area contributed by atoms with Crippen LogP contribution in [-0.4, -0.2) is 53.3 Å². The maximum absolute atomic E-state index is 12.9. The number of nitrogens with zero attached hydrogens (tertiary/aromatic N) is 2. The van der Waals surface area contributed by atoms with Crippen molar-refractivity contribution in [2.24, 2.45) is 0 Å². The second-order valence-corrected chi connectivity index (χ2v) is 11.0. The van der Waals surface area contributed by atoms with Gasteiger partial charge >= 0.3 is 0 Å². The molecule has 1 aromatic carbocycles. The third-order valence-corrected chi connectivity index (χ3v) is 8.46. The Morgan fingerprint density at radius 3 is 2.63 bits per heavy atom. The molecule has 182 valence electrons. The smallest absolute Gasteiger partial charge is 0.264 e. The van der Waals surface area contributed by atoms with Gasteiger partial charge in [0.15, 0.2) is 0 Å². The van der Waals surface area contributed by atoms with Crippen LogP contribution in [0, 0.1) is 0 Å². The molecule has 4 heterocycles. The molecule has 0 aliphatic carbocycles. The van der Waals surface area contributed by atoms with E-state index < -0.39 is 0 Å². The third kappa shape index (κ3) is 5.44. The Bertz CT molecular complexity index is 1220. The fourth-order valence-corrected chi connectivity index (χ4v) is 6.10. The first-order valence-corrected chi connectivity index (χ1v) is 13.3. The predicted molar refractivity (Wildman–Crippen MR) is 138 cm³/mol. The summed E-state index contributed by atoms with van der Waals surface area (Å²) in [5, 5.41) is 10.6. The topological polar surface area (TPSA) is 103 Å². The van der Waals surface area contributed by atoms with Gasteiger partial charge in [0.25, 0.3) is 5.91 Å². The number of thiophene rings is 1. The summed E-state index contributed by atoms with van der Waals surface area (Å²) in [6.07, 6.45) is 3.75. The fourth-order valence-electron chi connectivity index (χ4n) is 4.22. The number of aromatic nitrogens is 1. The Labute approximate surface area is 211 Å². The first-order chi connectivity index (χ1) is 17.0. The van der Waals surface area contributed by atoms with E-state index in [0.717, 1.165) is 40.4 Å². The van der Waals surface area contributed by atoms with Gasteiger partial charge in [-0.2, -0.15) is 0 Å². The number of amides is 3. The van der Waals surface area contributed by atoms with Crippen molar-refractivity contribution >= 4 is 45.4 Å². The average molecular weight is 510 g/mol. The van der Waals surface area contributed by atoms with Crippen molar-refractivity contribution in [1.29, 1.82) is 0 Å². The molecular weight excluding hydrogens is 482 g/mol. The molecule has 3 aromatic rings. The van der Waals surface area contributed by atoms with Crippen LogP contribution in [0.4, 0.5) is 5.00 Å². The molecule has 2 saturated heterocycles. The van der Waals surface area contributed by atoms with Gasteiger partial charge in [-0.05, 0) is 42.6 Å². The molecule has 2 aliphatic heterocycles. The van der Waals surface area contributed by atoms with E-state index in [4.69, 9.17) is 0 Å². The molecule has 10 heteroatoms. The van der Waals surface area contributed by atoms with E-state index in [1.165, 1.54) is 18.3 Å². The Morgan fingerprint density at radius 2 is 1.91 bits per heavy atom. The highest BCUT2D eigenvalue weighted by atomic mass is 32.1. The van der Waals surface area contributed by atoms with Crippen molar-refractivity contribution in [2.75, 3.05) is 25.0 Å². The van der Waals surface area contributed by atoms with E-state index >= 15 is 0 Å². The van der Waals surface area contributed by atoms with Crippen LogP contribution in [0.25, 0.3) is 10.4 Å². The minimum atomic E-state index is -0.141. The number of nitrogens with one attached hydrogen (secondary N) is 3. The summed E-state index contributed by atoms with van der Waals surface area (Å²) in [7, 11) is 0. The number of anilines is 1. The van der Waals surface area contributed by atoms with Crippen LogP contribution >= 0.6 is 22.7 Å². The Morgan fingerprint density at radius 1 is 1.11 bits per heavy atom. The molecule has 8 nitrogen and oxygen atoms in total. The van der Waals surface area contributed by atoms with E-state index in [1.807, 2.05) is 35.4 Å². The lowest BCUT2D eigenvalue weighted by molar-refractivity contribution is -0.119. The Balaban J connectivity index is 1.13. The molecule has 1 atom stereocenters. The van der Waals surface area contributed by atoms with Crippen LogP contribution < -0.4 is 16.0 Å². The first-order valence-electron chi connectivity index (χ1n) is 11.7. The van der Waals surface area contributed by atoms with Gasteiger partial charge in [-0.15, -0.1) is 22.7 Å². The number of likely N-dealkylation sites (tertiary alicyclic amines) is 1. The molecule has 0 radical (unpaired) electrons. The van der Waals surface area contributed by atoms with Crippen LogP contribution in [0.1, 0.15) is 45.9 Å². The number of rotatable bonds is 7. The van der Waals surface area contributed by atoms with E-state index in [2.05, 4.69) is 20.9 Å². The fraction of sp³-hybridized carbons (Fsp3) is 0.360. The Hall–Kier alpha value is -3.08. The Kier molecular flexibility index (Phi) is 6.94. The van der Waals surface area contributed by atoms with Crippen LogP contribution in [0.2, 0.25) is 0 Å². The number of benzene rings is 1. The number of carbonyl (C=O) groups is 3. The minimum absolute atomic E-state index is 0.00252. The van der Waals surface area contributed by atoms with E-state index in [1.54, 1.807) is 23.5 Å². The van der Waals surface area contributed by atoms with Gasteiger partial charge in [-0.25, -0.2) is 4.98 Å². The maximum Gasteiger partial charge on any atom is 0.264 e. The van der Waals surface area contributed by atoms with Gasteiger partial charge in [0.05, 0.1) is 25.8 Å². The number of hydrogen-bond acceptors (Lipinski definition) is 7. The lowest BCUT2D eigenvalue weighted by Crippen LogP contribution is -2.48. The van der Waals surface area contributed by atoms with Crippen molar-refractivity contribution in [2.45, 2.75) is 38.3 Å². The zero-order chi connectivity index (χ0) is 24.4. The van der Waals surface area contributed by atoms with Gasteiger partial charge in [0, 0.05) is 38.7 Å². The molecule has 3 amide bonds. The molecule has 0 unspecified atom stereocenters. The van der Waals surface area contributed by atoms with Crippen molar-refractivity contribution in [1.82, 2.24) is 20.5 Å². The van der Waals surface area contributed by atoms with Gasteiger partial charge in [0.1, 0.15) is 0 Å². The molecule has 35 heavy (non-hydrogen) atoms. The first kappa shape index (κ1) is 23.7. The van der Waals surface area contributed by atoms with E-state index in [-0.39, 0.29) is 29.7 Å². The summed E-state index contributed by atoms with van der Waals surface area (Å²) in [4.78, 5) is 44.4. The highest BCUT2D eigenvalue weighted by Crippen LogP contribution is 2.36. The molecular formula is C25H27N5O3S2. The molecule has 0 bridgehead atoms. The van der Waals surface area contributed by atoms with Gasteiger partial charge < -0.3 is 20.9 Å². The van der Waals surface area contributed by atoms with Crippen molar-refractivity contribution < 1.29 is 14.4 Å². The van der Waals surface area contributed by atoms with Crippen LogP contribution in [0.3, 0.4) is 0 Å². The zero-order valence-electron chi connectivity index (χ0n) is 19.4. The summed E-state index contributed by atoms with van der Waals surface area (Å²) in [6.45, 7) is 4.19. The van der Waals surface area contributed by atoms with Crippen LogP contribution in [0.15, 0.2) is 42.6 Å². The number of hydrogen-bond donors (Lipinski definition) is 3. The molecule has 0 saturated carbocycles. The standard InChI is InChI=1S/C25H27N5O3S2/c1-15(31)27-11-16-4-6-17(7-5-16)21-12-28-24(35-21)18-13-30(14-18)25(33)20-8-9-22(34-20)29-23(32)19-3-2-10-26-19/h4-9,12,18-19,26H,2-3,10-11,13-14H2,1H3,(H,27,31)(H,29,32)/t19-/m0/s1. The quantitative estimate of drug-likeness (QED) is 0.453.